The van der Waals surface area contributed by atoms with E-state index in [0.29, 0.717) is 22.8 Å². The molecule has 0 aliphatic rings. The normalized spacial score (nSPS) is 11.8. The summed E-state index contributed by atoms with van der Waals surface area (Å²) in [4.78, 5) is 36.3. The van der Waals surface area contributed by atoms with Crippen LogP contribution in [-0.4, -0.2) is 26.9 Å². The number of aromatic nitrogens is 3. The molecule has 6 heteroatoms. The van der Waals surface area contributed by atoms with Crippen LogP contribution in [0, 0.1) is 13.8 Å². The zero-order chi connectivity index (χ0) is 20.1. The van der Waals surface area contributed by atoms with E-state index in [4.69, 9.17) is 0 Å². The number of hydrogen-bond donors (Lipinski definition) is 2. The highest BCUT2D eigenvalue weighted by Crippen LogP contribution is 2.12. The third kappa shape index (κ3) is 4.71. The van der Waals surface area contributed by atoms with Crippen LogP contribution < -0.4 is 10.9 Å². The molecular formula is C22H24N4O2. The SMILES string of the molecule is Cc1ccccc1C[C@@H](C)NC(=O)Cc1c(C)nc(-c2ccccn2)[nH]c1=O. The number of carbonyl (C=O) groups is 1. The Bertz CT molecular complexity index is 1030. The molecule has 0 bridgehead atoms. The topological polar surface area (TPSA) is 87.7 Å². The highest BCUT2D eigenvalue weighted by molar-refractivity contribution is 5.79. The second kappa shape index (κ2) is 8.61. The van der Waals surface area contributed by atoms with Gasteiger partial charge in [0, 0.05) is 23.5 Å². The minimum absolute atomic E-state index is 0.00518. The van der Waals surface area contributed by atoms with Crippen molar-refractivity contribution in [2.45, 2.75) is 39.7 Å². The molecule has 6 nitrogen and oxygen atoms in total. The summed E-state index contributed by atoms with van der Waals surface area (Å²) in [6, 6.07) is 13.5. The quantitative estimate of drug-likeness (QED) is 0.692. The van der Waals surface area contributed by atoms with E-state index in [1.807, 2.05) is 25.1 Å². The smallest absolute Gasteiger partial charge is 0.255 e. The summed E-state index contributed by atoms with van der Waals surface area (Å²) in [5.74, 6) is 0.210. The third-order valence-electron chi connectivity index (χ3n) is 4.66. The van der Waals surface area contributed by atoms with Crippen LogP contribution in [0.2, 0.25) is 0 Å². The average molecular weight is 376 g/mol. The first-order valence-electron chi connectivity index (χ1n) is 9.29. The summed E-state index contributed by atoms with van der Waals surface area (Å²) in [6.45, 7) is 5.76. The van der Waals surface area contributed by atoms with Crippen molar-refractivity contribution in [3.63, 3.8) is 0 Å². The van der Waals surface area contributed by atoms with Crippen molar-refractivity contribution in [1.82, 2.24) is 20.3 Å². The predicted octanol–water partition coefficient (Wildman–Crippen LogP) is 2.74. The van der Waals surface area contributed by atoms with Gasteiger partial charge in [-0.25, -0.2) is 4.98 Å². The van der Waals surface area contributed by atoms with Crippen LogP contribution in [0.1, 0.15) is 29.3 Å². The maximum Gasteiger partial charge on any atom is 0.255 e. The second-order valence-corrected chi connectivity index (χ2v) is 6.97. The van der Waals surface area contributed by atoms with Crippen LogP contribution in [-0.2, 0) is 17.6 Å². The first-order chi connectivity index (χ1) is 13.4. The van der Waals surface area contributed by atoms with Gasteiger partial charge in [-0.1, -0.05) is 30.3 Å². The molecule has 0 unspecified atom stereocenters. The van der Waals surface area contributed by atoms with Gasteiger partial charge in [-0.15, -0.1) is 0 Å². The van der Waals surface area contributed by atoms with E-state index < -0.39 is 0 Å². The van der Waals surface area contributed by atoms with Crippen molar-refractivity contribution in [2.24, 2.45) is 0 Å². The zero-order valence-corrected chi connectivity index (χ0v) is 16.3. The molecule has 144 valence electrons. The van der Waals surface area contributed by atoms with Gasteiger partial charge in [0.2, 0.25) is 5.91 Å². The fourth-order valence-corrected chi connectivity index (χ4v) is 3.15. The van der Waals surface area contributed by atoms with Crippen LogP contribution in [0.4, 0.5) is 0 Å². The van der Waals surface area contributed by atoms with Crippen LogP contribution in [0.3, 0.4) is 0 Å². The molecule has 0 saturated heterocycles. The molecule has 3 aromatic rings. The van der Waals surface area contributed by atoms with E-state index in [9.17, 15) is 9.59 Å². The summed E-state index contributed by atoms with van der Waals surface area (Å²) >= 11 is 0. The average Bonchev–Trinajstić information content (AvgIpc) is 2.67. The first-order valence-corrected chi connectivity index (χ1v) is 9.29. The summed E-state index contributed by atoms with van der Waals surface area (Å²) < 4.78 is 0. The molecule has 1 amide bonds. The molecule has 0 fully saturated rings. The van der Waals surface area contributed by atoms with Crippen molar-refractivity contribution >= 4 is 5.91 Å². The van der Waals surface area contributed by atoms with Gasteiger partial charge in [-0.2, -0.15) is 0 Å². The third-order valence-corrected chi connectivity index (χ3v) is 4.66. The maximum absolute atomic E-state index is 12.5. The minimum atomic E-state index is -0.310. The summed E-state index contributed by atoms with van der Waals surface area (Å²) in [6.07, 6.45) is 2.38. The Morgan fingerprint density at radius 3 is 2.57 bits per heavy atom. The predicted molar refractivity (Wildman–Crippen MR) is 109 cm³/mol. The van der Waals surface area contributed by atoms with E-state index in [1.54, 1.807) is 25.3 Å². The number of hydrogen-bond acceptors (Lipinski definition) is 4. The molecule has 2 N–H and O–H groups in total. The molecule has 0 aliphatic heterocycles. The van der Waals surface area contributed by atoms with Gasteiger partial charge < -0.3 is 10.3 Å². The van der Waals surface area contributed by atoms with Crippen molar-refractivity contribution < 1.29 is 4.79 Å². The number of rotatable bonds is 6. The molecule has 2 heterocycles. The fourth-order valence-electron chi connectivity index (χ4n) is 3.15. The van der Waals surface area contributed by atoms with Crippen LogP contribution in [0.15, 0.2) is 53.5 Å². The Labute approximate surface area is 164 Å². The van der Waals surface area contributed by atoms with Gasteiger partial charge in [0.05, 0.1) is 6.42 Å². The number of nitrogens with zero attached hydrogens (tertiary/aromatic N) is 2. The molecular weight excluding hydrogens is 352 g/mol. The Hall–Kier alpha value is -3.28. The Morgan fingerprint density at radius 2 is 1.89 bits per heavy atom. The van der Waals surface area contributed by atoms with Gasteiger partial charge in [-0.3, -0.25) is 14.6 Å². The van der Waals surface area contributed by atoms with E-state index in [2.05, 4.69) is 39.3 Å². The van der Waals surface area contributed by atoms with Crippen molar-refractivity contribution in [3.8, 4) is 11.5 Å². The van der Waals surface area contributed by atoms with Gasteiger partial charge in [0.1, 0.15) is 5.69 Å². The number of pyridine rings is 1. The molecule has 1 aromatic carbocycles. The van der Waals surface area contributed by atoms with Gasteiger partial charge in [0.25, 0.3) is 5.56 Å². The van der Waals surface area contributed by atoms with Crippen molar-refractivity contribution in [2.75, 3.05) is 0 Å². The minimum Gasteiger partial charge on any atom is -0.353 e. The molecule has 0 aliphatic carbocycles. The highest BCUT2D eigenvalue weighted by Gasteiger charge is 2.16. The van der Waals surface area contributed by atoms with Crippen molar-refractivity contribution in [3.05, 3.63) is 81.4 Å². The second-order valence-electron chi connectivity index (χ2n) is 6.97. The summed E-state index contributed by atoms with van der Waals surface area (Å²) in [5.41, 5.74) is 3.59. The van der Waals surface area contributed by atoms with E-state index in [0.717, 1.165) is 6.42 Å². The highest BCUT2D eigenvalue weighted by atomic mass is 16.2. The lowest BCUT2D eigenvalue weighted by Crippen LogP contribution is -2.36. The van der Waals surface area contributed by atoms with Crippen LogP contribution >= 0.6 is 0 Å². The number of H-pyrrole nitrogens is 1. The number of aryl methyl sites for hydroxylation is 2. The Balaban J connectivity index is 1.68. The zero-order valence-electron chi connectivity index (χ0n) is 16.3. The van der Waals surface area contributed by atoms with Gasteiger partial charge in [-0.05, 0) is 50.5 Å². The first kappa shape index (κ1) is 19.5. The molecule has 2 aromatic heterocycles. The van der Waals surface area contributed by atoms with Crippen LogP contribution in [0.25, 0.3) is 11.5 Å². The number of benzene rings is 1. The van der Waals surface area contributed by atoms with Crippen molar-refractivity contribution in [1.29, 1.82) is 0 Å². The molecule has 28 heavy (non-hydrogen) atoms. The number of amides is 1. The monoisotopic (exact) mass is 376 g/mol. The lowest BCUT2D eigenvalue weighted by atomic mass is 10.0. The Morgan fingerprint density at radius 1 is 1.14 bits per heavy atom. The van der Waals surface area contributed by atoms with E-state index in [-0.39, 0.29) is 23.9 Å². The summed E-state index contributed by atoms with van der Waals surface area (Å²) in [7, 11) is 0. The standard InChI is InChI=1S/C22H24N4O2/c1-14-8-4-5-9-17(14)12-15(2)24-20(27)13-18-16(3)25-21(26-22(18)28)19-10-6-7-11-23-19/h4-11,15H,12-13H2,1-3H3,(H,24,27)(H,25,26,28)/t15-/m1/s1. The number of nitrogens with one attached hydrogen (secondary N) is 2. The Kier molecular flexibility index (Phi) is 5.99. The molecule has 3 rings (SSSR count). The molecule has 1 atom stereocenters. The van der Waals surface area contributed by atoms with E-state index in [1.165, 1.54) is 11.1 Å². The fraction of sp³-hybridized carbons (Fsp3) is 0.273. The van der Waals surface area contributed by atoms with E-state index >= 15 is 0 Å². The largest absolute Gasteiger partial charge is 0.353 e. The number of aromatic amines is 1. The maximum atomic E-state index is 12.5. The van der Waals surface area contributed by atoms with Crippen LogP contribution in [0.5, 0.6) is 0 Å². The lowest BCUT2D eigenvalue weighted by Gasteiger charge is -2.15. The molecule has 0 spiro atoms. The van der Waals surface area contributed by atoms with Gasteiger partial charge in [0.15, 0.2) is 5.82 Å². The van der Waals surface area contributed by atoms with Gasteiger partial charge >= 0.3 is 0 Å². The summed E-state index contributed by atoms with van der Waals surface area (Å²) in [5, 5.41) is 2.97. The molecule has 0 saturated carbocycles. The molecule has 0 radical (unpaired) electrons. The number of carbonyl (C=O) groups excluding carboxylic acids is 1. The lowest BCUT2D eigenvalue weighted by molar-refractivity contribution is -0.121.